The zero-order chi connectivity index (χ0) is 12.0. The number of fused-ring (bicyclic) bond motifs is 1. The van der Waals surface area contributed by atoms with Crippen LogP contribution < -0.4 is 16.3 Å². The van der Waals surface area contributed by atoms with E-state index in [4.69, 9.17) is 5.73 Å². The first-order chi connectivity index (χ1) is 8.15. The van der Waals surface area contributed by atoms with Crippen LogP contribution in [0.2, 0.25) is 0 Å². The molecule has 0 saturated carbocycles. The van der Waals surface area contributed by atoms with E-state index in [0.717, 1.165) is 18.9 Å². The van der Waals surface area contributed by atoms with Gasteiger partial charge in [-0.25, -0.2) is 9.89 Å². The molecule has 1 fully saturated rings. The first kappa shape index (κ1) is 10.3. The van der Waals surface area contributed by atoms with E-state index in [9.17, 15) is 4.79 Å². The molecule has 3 heterocycles. The van der Waals surface area contributed by atoms with Gasteiger partial charge in [-0.15, -0.1) is 5.10 Å². The molecule has 2 aromatic heterocycles. The van der Waals surface area contributed by atoms with Gasteiger partial charge >= 0.3 is 5.69 Å². The third-order valence-corrected chi connectivity index (χ3v) is 3.25. The first-order valence-electron chi connectivity index (χ1n) is 5.60. The highest BCUT2D eigenvalue weighted by atomic mass is 16.2. The minimum absolute atomic E-state index is 0.161. The van der Waals surface area contributed by atoms with Crippen molar-refractivity contribution >= 4 is 11.5 Å². The van der Waals surface area contributed by atoms with Crippen LogP contribution >= 0.6 is 0 Å². The molecule has 3 N–H and O–H groups in total. The summed E-state index contributed by atoms with van der Waals surface area (Å²) in [6, 6.07) is 3.79. The van der Waals surface area contributed by atoms with Crippen LogP contribution in [0.4, 0.5) is 5.82 Å². The van der Waals surface area contributed by atoms with Crippen LogP contribution in [-0.2, 0) is 0 Å². The Morgan fingerprint density at radius 1 is 1.47 bits per heavy atom. The fourth-order valence-corrected chi connectivity index (χ4v) is 2.14. The number of nitrogens with two attached hydrogens (primary N) is 1. The summed E-state index contributed by atoms with van der Waals surface area (Å²) in [5.74, 6) is 1.20. The molecule has 7 heteroatoms. The smallest absolute Gasteiger partial charge is 0.353 e. The van der Waals surface area contributed by atoms with Crippen molar-refractivity contribution in [2.45, 2.75) is 13.0 Å². The molecule has 2 atom stereocenters. The molecule has 17 heavy (non-hydrogen) atoms. The van der Waals surface area contributed by atoms with Gasteiger partial charge < -0.3 is 10.6 Å². The zero-order valence-electron chi connectivity index (χ0n) is 9.50. The van der Waals surface area contributed by atoms with Gasteiger partial charge in [0.25, 0.3) is 0 Å². The largest absolute Gasteiger partial charge is 0.364 e. The molecule has 2 unspecified atom stereocenters. The summed E-state index contributed by atoms with van der Waals surface area (Å²) < 4.78 is 1.27. The molecule has 1 saturated heterocycles. The van der Waals surface area contributed by atoms with E-state index in [0.29, 0.717) is 11.6 Å². The minimum Gasteiger partial charge on any atom is -0.353 e. The number of hydrogen-bond acceptors (Lipinski definition) is 5. The number of nitrogens with zero attached hydrogens (tertiary/aromatic N) is 4. The molecular formula is C10H14N6O. The summed E-state index contributed by atoms with van der Waals surface area (Å²) in [5.41, 5.74) is 6.17. The first-order valence-corrected chi connectivity index (χ1v) is 5.60. The molecule has 2 aromatic rings. The van der Waals surface area contributed by atoms with Gasteiger partial charge in [-0.3, -0.25) is 0 Å². The zero-order valence-corrected chi connectivity index (χ0v) is 9.50. The average Bonchev–Trinajstić information content (AvgIpc) is 2.84. The van der Waals surface area contributed by atoms with Crippen molar-refractivity contribution in [3.63, 3.8) is 0 Å². The molecule has 7 nitrogen and oxygen atoms in total. The third kappa shape index (κ3) is 1.59. The van der Waals surface area contributed by atoms with E-state index in [1.165, 1.54) is 4.52 Å². The number of aromatic amines is 1. The molecule has 1 aliphatic rings. The van der Waals surface area contributed by atoms with E-state index in [1.807, 2.05) is 6.07 Å². The normalized spacial score (nSPS) is 24.7. The van der Waals surface area contributed by atoms with Crippen molar-refractivity contribution in [1.29, 1.82) is 0 Å². The average molecular weight is 234 g/mol. The van der Waals surface area contributed by atoms with Crippen LogP contribution in [-0.4, -0.2) is 38.9 Å². The maximum atomic E-state index is 11.4. The van der Waals surface area contributed by atoms with Gasteiger partial charge in [0.15, 0.2) is 5.65 Å². The van der Waals surface area contributed by atoms with Crippen molar-refractivity contribution in [1.82, 2.24) is 19.8 Å². The lowest BCUT2D eigenvalue weighted by molar-refractivity contribution is 0.566. The van der Waals surface area contributed by atoms with Crippen LogP contribution in [0, 0.1) is 5.92 Å². The monoisotopic (exact) mass is 234 g/mol. The Kier molecular flexibility index (Phi) is 2.15. The van der Waals surface area contributed by atoms with Crippen LogP contribution in [0.5, 0.6) is 0 Å². The van der Waals surface area contributed by atoms with E-state index >= 15 is 0 Å². The molecule has 3 rings (SSSR count). The van der Waals surface area contributed by atoms with Gasteiger partial charge in [-0.1, -0.05) is 6.92 Å². The molecule has 0 spiro atoms. The number of hydrogen-bond donors (Lipinski definition) is 2. The van der Waals surface area contributed by atoms with Crippen LogP contribution in [0.15, 0.2) is 16.9 Å². The predicted octanol–water partition coefficient (Wildman–Crippen LogP) is -0.799. The molecule has 0 bridgehead atoms. The molecule has 0 amide bonds. The van der Waals surface area contributed by atoms with Crippen molar-refractivity contribution in [3.8, 4) is 0 Å². The topological polar surface area (TPSA) is 92.3 Å². The summed E-state index contributed by atoms with van der Waals surface area (Å²) in [7, 11) is 0. The second kappa shape index (κ2) is 3.56. The van der Waals surface area contributed by atoms with Crippen molar-refractivity contribution in [3.05, 3.63) is 22.6 Å². The highest BCUT2D eigenvalue weighted by molar-refractivity contribution is 5.46. The maximum Gasteiger partial charge on any atom is 0.364 e. The van der Waals surface area contributed by atoms with E-state index in [2.05, 4.69) is 27.1 Å². The second-order valence-electron chi connectivity index (χ2n) is 4.54. The van der Waals surface area contributed by atoms with Gasteiger partial charge in [-0.2, -0.15) is 9.61 Å². The minimum atomic E-state index is -0.321. The molecule has 90 valence electrons. The Morgan fingerprint density at radius 3 is 3.00 bits per heavy atom. The van der Waals surface area contributed by atoms with Gasteiger partial charge in [0.1, 0.15) is 5.82 Å². The standard InChI is InChI=1S/C10H14N6O/c1-6-4-15(5-7(6)11)9-3-2-8-12-13-10(17)16(8)14-9/h2-3,6-7H,4-5,11H2,1H3,(H,13,17). The van der Waals surface area contributed by atoms with Gasteiger partial charge in [0, 0.05) is 19.1 Å². The SMILES string of the molecule is CC1CN(c2ccc3n[nH]c(=O)n3n2)CC1N. The Balaban J connectivity index is 2.01. The van der Waals surface area contributed by atoms with E-state index < -0.39 is 0 Å². The number of aromatic nitrogens is 4. The fraction of sp³-hybridized carbons (Fsp3) is 0.500. The Morgan fingerprint density at radius 2 is 2.29 bits per heavy atom. The second-order valence-corrected chi connectivity index (χ2v) is 4.54. The molecule has 1 aliphatic heterocycles. The Hall–Kier alpha value is -1.89. The van der Waals surface area contributed by atoms with Crippen LogP contribution in [0.3, 0.4) is 0 Å². The lowest BCUT2D eigenvalue weighted by atomic mass is 10.1. The van der Waals surface area contributed by atoms with Crippen molar-refractivity contribution in [2.75, 3.05) is 18.0 Å². The van der Waals surface area contributed by atoms with Gasteiger partial charge in [0.2, 0.25) is 0 Å². The highest BCUT2D eigenvalue weighted by Crippen LogP contribution is 2.20. The Labute approximate surface area is 97.2 Å². The Bertz CT molecular complexity index is 592. The number of H-pyrrole nitrogens is 1. The molecule has 0 aliphatic carbocycles. The summed E-state index contributed by atoms with van der Waals surface area (Å²) in [6.45, 7) is 3.76. The molecule has 0 radical (unpaired) electrons. The van der Waals surface area contributed by atoms with E-state index in [1.54, 1.807) is 6.07 Å². The lowest BCUT2D eigenvalue weighted by Crippen LogP contribution is -2.29. The van der Waals surface area contributed by atoms with Gasteiger partial charge in [0.05, 0.1) is 0 Å². The highest BCUT2D eigenvalue weighted by Gasteiger charge is 2.27. The molecular weight excluding hydrogens is 220 g/mol. The molecule has 0 aromatic carbocycles. The summed E-state index contributed by atoms with van der Waals surface area (Å²) in [4.78, 5) is 13.5. The summed E-state index contributed by atoms with van der Waals surface area (Å²) in [5, 5.41) is 10.5. The third-order valence-electron chi connectivity index (χ3n) is 3.25. The number of anilines is 1. The van der Waals surface area contributed by atoms with Crippen LogP contribution in [0.25, 0.3) is 5.65 Å². The maximum absolute atomic E-state index is 11.4. The quantitative estimate of drug-likeness (QED) is 0.674. The fourth-order valence-electron chi connectivity index (χ4n) is 2.14. The predicted molar refractivity (Wildman–Crippen MR) is 63.0 cm³/mol. The van der Waals surface area contributed by atoms with E-state index in [-0.39, 0.29) is 11.7 Å². The summed E-state index contributed by atoms with van der Waals surface area (Å²) in [6.07, 6.45) is 0. The number of rotatable bonds is 1. The van der Waals surface area contributed by atoms with Crippen molar-refractivity contribution in [2.24, 2.45) is 11.7 Å². The number of nitrogens with one attached hydrogen (secondary N) is 1. The van der Waals surface area contributed by atoms with Gasteiger partial charge in [-0.05, 0) is 18.1 Å². The lowest BCUT2D eigenvalue weighted by Gasteiger charge is -2.16. The van der Waals surface area contributed by atoms with Crippen LogP contribution in [0.1, 0.15) is 6.92 Å². The van der Waals surface area contributed by atoms with Crippen molar-refractivity contribution < 1.29 is 0 Å². The summed E-state index contributed by atoms with van der Waals surface area (Å²) >= 11 is 0.